The van der Waals surface area contributed by atoms with Crippen LogP contribution in [0, 0.1) is 0 Å². The first-order chi connectivity index (χ1) is 8.08. The molecular weight excluding hydrogens is 240 g/mol. The zero-order valence-corrected chi connectivity index (χ0v) is 9.81. The number of carbonyl (C=O) groups excluding carboxylic acids is 1. The summed E-state index contributed by atoms with van der Waals surface area (Å²) in [7, 11) is 1.81. The van der Waals surface area contributed by atoms with Gasteiger partial charge in [-0.05, 0) is 17.8 Å². The van der Waals surface area contributed by atoms with E-state index in [0.717, 1.165) is 0 Å². The molecule has 2 rings (SSSR count). The number of nitrogen functional groups attached to an aromatic ring is 1. The minimum Gasteiger partial charge on any atom is -0.397 e. The molecule has 0 saturated carbocycles. The molecule has 0 unspecified atom stereocenters. The number of aromatic nitrogens is 4. The molecule has 7 nitrogen and oxygen atoms in total. The molecule has 0 atom stereocenters. The van der Waals surface area contributed by atoms with Crippen molar-refractivity contribution in [2.75, 3.05) is 5.73 Å². The summed E-state index contributed by atoms with van der Waals surface area (Å²) in [6.07, 6.45) is 2.98. The van der Waals surface area contributed by atoms with Gasteiger partial charge in [0.15, 0.2) is 5.16 Å². The molecule has 0 aliphatic carbocycles. The molecule has 0 bridgehead atoms. The van der Waals surface area contributed by atoms with Gasteiger partial charge in [0, 0.05) is 7.05 Å². The maximum Gasteiger partial charge on any atom is 0.250 e. The lowest BCUT2D eigenvalue weighted by Crippen LogP contribution is -2.13. The van der Waals surface area contributed by atoms with Crippen LogP contribution >= 0.6 is 11.8 Å². The Balaban J connectivity index is 2.32. The lowest BCUT2D eigenvalue weighted by Gasteiger charge is -2.04. The highest BCUT2D eigenvalue weighted by Crippen LogP contribution is 2.25. The summed E-state index contributed by atoms with van der Waals surface area (Å²) in [6, 6.07) is 1.54. The van der Waals surface area contributed by atoms with Crippen molar-refractivity contribution < 1.29 is 4.79 Å². The second-order valence-corrected chi connectivity index (χ2v) is 4.29. The van der Waals surface area contributed by atoms with Gasteiger partial charge in [0.05, 0.1) is 17.4 Å². The number of carbonyl (C=O) groups is 1. The fourth-order valence-corrected chi connectivity index (χ4v) is 1.92. The fourth-order valence-electron chi connectivity index (χ4n) is 1.17. The Kier molecular flexibility index (Phi) is 2.96. The molecule has 88 valence electrons. The Bertz CT molecular complexity index is 566. The molecule has 0 aliphatic heterocycles. The highest BCUT2D eigenvalue weighted by Gasteiger charge is 2.10. The van der Waals surface area contributed by atoms with Gasteiger partial charge in [-0.3, -0.25) is 4.79 Å². The van der Waals surface area contributed by atoms with E-state index in [1.54, 1.807) is 10.9 Å². The molecule has 0 radical (unpaired) electrons. The Hall–Kier alpha value is -2.09. The Labute approximate surface area is 101 Å². The van der Waals surface area contributed by atoms with Gasteiger partial charge in [0.2, 0.25) is 0 Å². The number of nitrogens with zero attached hydrogens (tertiary/aromatic N) is 4. The van der Waals surface area contributed by atoms with E-state index in [-0.39, 0.29) is 11.3 Å². The molecular formula is C9H10N6OS. The van der Waals surface area contributed by atoms with Crippen LogP contribution in [0.3, 0.4) is 0 Å². The number of nitrogens with two attached hydrogens (primary N) is 2. The Morgan fingerprint density at radius 1 is 1.53 bits per heavy atom. The van der Waals surface area contributed by atoms with E-state index in [9.17, 15) is 4.79 Å². The van der Waals surface area contributed by atoms with Crippen molar-refractivity contribution in [3.05, 3.63) is 24.2 Å². The van der Waals surface area contributed by atoms with Crippen molar-refractivity contribution in [2.45, 2.75) is 10.2 Å². The van der Waals surface area contributed by atoms with Gasteiger partial charge >= 0.3 is 0 Å². The monoisotopic (exact) mass is 250 g/mol. The molecule has 2 aromatic heterocycles. The minimum absolute atomic E-state index is 0.254. The second-order valence-electron chi connectivity index (χ2n) is 3.30. The quantitative estimate of drug-likeness (QED) is 0.795. The average Bonchev–Trinajstić information content (AvgIpc) is 2.67. The van der Waals surface area contributed by atoms with Crippen molar-refractivity contribution in [3.63, 3.8) is 0 Å². The normalized spacial score (nSPS) is 10.4. The average molecular weight is 250 g/mol. The van der Waals surface area contributed by atoms with Crippen molar-refractivity contribution in [3.8, 4) is 0 Å². The van der Waals surface area contributed by atoms with Crippen LogP contribution in [0.4, 0.5) is 5.69 Å². The largest absolute Gasteiger partial charge is 0.397 e. The van der Waals surface area contributed by atoms with Crippen LogP contribution in [0.2, 0.25) is 0 Å². The zero-order valence-electron chi connectivity index (χ0n) is 8.99. The SMILES string of the molecule is Cn1cnnc1Sc1cc(C(N)=O)c(N)cn1. The van der Waals surface area contributed by atoms with Crippen LogP contribution in [0.5, 0.6) is 0 Å². The van der Waals surface area contributed by atoms with Crippen LogP contribution in [-0.4, -0.2) is 25.7 Å². The molecule has 0 aliphatic rings. The first kappa shape index (κ1) is 11.4. The zero-order chi connectivity index (χ0) is 12.4. The first-order valence-electron chi connectivity index (χ1n) is 4.65. The number of pyridine rings is 1. The Morgan fingerprint density at radius 2 is 2.29 bits per heavy atom. The number of hydrogen-bond acceptors (Lipinski definition) is 6. The van der Waals surface area contributed by atoms with Crippen LogP contribution in [0.25, 0.3) is 0 Å². The molecule has 0 fully saturated rings. The summed E-state index contributed by atoms with van der Waals surface area (Å²) < 4.78 is 1.74. The molecule has 1 amide bonds. The van der Waals surface area contributed by atoms with Gasteiger partial charge in [-0.25, -0.2) is 4.98 Å². The number of anilines is 1. The molecule has 2 heterocycles. The third kappa shape index (κ3) is 2.36. The molecule has 2 aromatic rings. The lowest BCUT2D eigenvalue weighted by molar-refractivity contribution is 0.100. The Morgan fingerprint density at radius 3 is 2.88 bits per heavy atom. The summed E-state index contributed by atoms with van der Waals surface area (Å²) in [4.78, 5) is 15.2. The maximum absolute atomic E-state index is 11.1. The van der Waals surface area contributed by atoms with Crippen LogP contribution < -0.4 is 11.5 Å². The van der Waals surface area contributed by atoms with Crippen LogP contribution in [0.15, 0.2) is 28.8 Å². The number of primary amides is 1. The predicted molar refractivity (Wildman–Crippen MR) is 62.3 cm³/mol. The van der Waals surface area contributed by atoms with Gasteiger partial charge in [-0.15, -0.1) is 10.2 Å². The number of amides is 1. The summed E-state index contributed by atoms with van der Waals surface area (Å²) >= 11 is 1.28. The summed E-state index contributed by atoms with van der Waals surface area (Å²) in [5.41, 5.74) is 11.3. The van der Waals surface area contributed by atoms with Gasteiger partial charge in [-0.2, -0.15) is 0 Å². The molecule has 8 heteroatoms. The van der Waals surface area contributed by atoms with Crippen molar-refractivity contribution >= 4 is 23.4 Å². The topological polar surface area (TPSA) is 113 Å². The fraction of sp³-hybridized carbons (Fsp3) is 0.111. The molecule has 0 saturated heterocycles. The molecule has 17 heavy (non-hydrogen) atoms. The lowest BCUT2D eigenvalue weighted by atomic mass is 10.2. The van der Waals surface area contributed by atoms with Gasteiger partial charge in [0.25, 0.3) is 5.91 Å². The van der Waals surface area contributed by atoms with E-state index < -0.39 is 5.91 Å². The summed E-state index contributed by atoms with van der Waals surface area (Å²) in [5.74, 6) is -0.579. The van der Waals surface area contributed by atoms with Gasteiger partial charge < -0.3 is 16.0 Å². The standard InChI is InChI=1S/C9H10N6OS/c1-15-4-13-14-9(15)17-7-2-5(8(11)16)6(10)3-12-7/h2-4H,10H2,1H3,(H2,11,16). The van der Waals surface area contributed by atoms with E-state index in [0.29, 0.717) is 10.2 Å². The molecule has 0 spiro atoms. The number of rotatable bonds is 3. The molecule has 4 N–H and O–H groups in total. The van der Waals surface area contributed by atoms with E-state index in [1.807, 2.05) is 7.05 Å². The van der Waals surface area contributed by atoms with Crippen molar-refractivity contribution in [1.29, 1.82) is 0 Å². The van der Waals surface area contributed by atoms with Crippen LogP contribution in [0.1, 0.15) is 10.4 Å². The minimum atomic E-state index is -0.579. The highest BCUT2D eigenvalue weighted by molar-refractivity contribution is 7.99. The van der Waals surface area contributed by atoms with E-state index >= 15 is 0 Å². The third-order valence-electron chi connectivity index (χ3n) is 2.04. The van der Waals surface area contributed by atoms with Gasteiger partial charge in [0.1, 0.15) is 11.4 Å². The summed E-state index contributed by atoms with van der Waals surface area (Å²) in [5, 5.41) is 8.89. The van der Waals surface area contributed by atoms with Crippen molar-refractivity contribution in [2.24, 2.45) is 12.8 Å². The maximum atomic E-state index is 11.1. The third-order valence-corrected chi connectivity index (χ3v) is 3.03. The van der Waals surface area contributed by atoms with Crippen LogP contribution in [-0.2, 0) is 7.05 Å². The molecule has 0 aromatic carbocycles. The number of aryl methyl sites for hydroxylation is 1. The van der Waals surface area contributed by atoms with Crippen molar-refractivity contribution in [1.82, 2.24) is 19.7 Å². The van der Waals surface area contributed by atoms with E-state index in [4.69, 9.17) is 11.5 Å². The van der Waals surface area contributed by atoms with Gasteiger partial charge in [-0.1, -0.05) is 0 Å². The van der Waals surface area contributed by atoms with E-state index in [1.165, 1.54) is 24.0 Å². The predicted octanol–water partition coefficient (Wildman–Crippen LogP) is 0.0424. The highest BCUT2D eigenvalue weighted by atomic mass is 32.2. The van der Waals surface area contributed by atoms with E-state index in [2.05, 4.69) is 15.2 Å². The smallest absolute Gasteiger partial charge is 0.250 e. The number of hydrogen-bond donors (Lipinski definition) is 2. The summed E-state index contributed by atoms with van der Waals surface area (Å²) in [6.45, 7) is 0. The second kappa shape index (κ2) is 4.42. The first-order valence-corrected chi connectivity index (χ1v) is 5.46.